The third-order valence-electron chi connectivity index (χ3n) is 3.67. The van der Waals surface area contributed by atoms with Crippen molar-refractivity contribution >= 4 is 5.78 Å². The molecule has 0 aromatic heterocycles. The molecule has 2 nitrogen and oxygen atoms in total. The zero-order valence-corrected chi connectivity index (χ0v) is 10.1. The lowest BCUT2D eigenvalue weighted by Crippen LogP contribution is -2.20. The molecular weight excluding hydrogens is 210 g/mol. The maximum Gasteiger partial charge on any atom is 0.154 e. The molecule has 1 unspecified atom stereocenters. The van der Waals surface area contributed by atoms with Crippen LogP contribution in [0.3, 0.4) is 0 Å². The largest absolute Gasteiger partial charge is 0.298 e. The van der Waals surface area contributed by atoms with Crippen LogP contribution in [0.4, 0.5) is 0 Å². The molecule has 88 valence electrons. The molecule has 1 saturated carbocycles. The Kier molecular flexibility index (Phi) is 3.58. The van der Waals surface area contributed by atoms with Crippen molar-refractivity contribution in [3.05, 3.63) is 35.4 Å². The van der Waals surface area contributed by atoms with Gasteiger partial charge in [-0.05, 0) is 24.0 Å². The van der Waals surface area contributed by atoms with E-state index in [1.807, 2.05) is 31.2 Å². The van der Waals surface area contributed by atoms with E-state index in [0.29, 0.717) is 12.3 Å². The van der Waals surface area contributed by atoms with E-state index in [-0.39, 0.29) is 5.78 Å². The Labute approximate surface area is 102 Å². The highest BCUT2D eigenvalue weighted by Gasteiger charge is 2.27. The third-order valence-corrected chi connectivity index (χ3v) is 3.67. The van der Waals surface area contributed by atoms with Gasteiger partial charge in [-0.1, -0.05) is 43.5 Å². The summed E-state index contributed by atoms with van der Waals surface area (Å²) in [6.45, 7) is 1.95. The fraction of sp³-hybridized carbons (Fsp3) is 0.467. The molecule has 2 rings (SSSR count). The molecule has 0 heterocycles. The van der Waals surface area contributed by atoms with Crippen molar-refractivity contribution in [2.75, 3.05) is 0 Å². The van der Waals surface area contributed by atoms with Crippen molar-refractivity contribution in [3.63, 3.8) is 0 Å². The average molecular weight is 227 g/mol. The van der Waals surface area contributed by atoms with Gasteiger partial charge in [0.15, 0.2) is 5.78 Å². The summed E-state index contributed by atoms with van der Waals surface area (Å²) in [6.07, 6.45) is 4.11. The number of hydrogen-bond donors (Lipinski definition) is 0. The smallest absolute Gasteiger partial charge is 0.154 e. The first-order valence-corrected chi connectivity index (χ1v) is 6.20. The lowest BCUT2D eigenvalue weighted by molar-refractivity contribution is -0.120. The number of carbonyl (C=O) groups excluding carboxylic acids is 1. The molecule has 0 bridgehead atoms. The van der Waals surface area contributed by atoms with E-state index in [1.54, 1.807) is 0 Å². The Hall–Kier alpha value is -1.62. The van der Waals surface area contributed by atoms with Crippen LogP contribution in [0.1, 0.15) is 42.7 Å². The molecule has 17 heavy (non-hydrogen) atoms. The molecule has 1 aromatic rings. The Bertz CT molecular complexity index is 454. The SMILES string of the molecule is Cc1ccccc1C(C#N)C(=O)CC1CCC1. The maximum atomic E-state index is 12.1. The van der Waals surface area contributed by atoms with Gasteiger partial charge in [-0.3, -0.25) is 4.79 Å². The Morgan fingerprint density at radius 3 is 2.71 bits per heavy atom. The van der Waals surface area contributed by atoms with Gasteiger partial charge in [-0.2, -0.15) is 5.26 Å². The number of benzene rings is 1. The Balaban J connectivity index is 2.13. The van der Waals surface area contributed by atoms with Crippen LogP contribution in [0.15, 0.2) is 24.3 Å². The summed E-state index contributed by atoms with van der Waals surface area (Å²) in [5, 5.41) is 9.21. The molecule has 1 aromatic carbocycles. The van der Waals surface area contributed by atoms with Crippen LogP contribution in [0.2, 0.25) is 0 Å². The van der Waals surface area contributed by atoms with Crippen molar-refractivity contribution in [3.8, 4) is 6.07 Å². The molecule has 1 aliphatic rings. The van der Waals surface area contributed by atoms with Gasteiger partial charge in [0.2, 0.25) is 0 Å². The Morgan fingerprint density at radius 2 is 2.18 bits per heavy atom. The first kappa shape index (κ1) is 11.9. The van der Waals surface area contributed by atoms with E-state index in [9.17, 15) is 10.1 Å². The number of Topliss-reactive ketones (excluding diaryl/α,β-unsaturated/α-hetero) is 1. The molecule has 1 aliphatic carbocycles. The summed E-state index contributed by atoms with van der Waals surface area (Å²) in [5.41, 5.74) is 1.90. The Morgan fingerprint density at radius 1 is 1.47 bits per heavy atom. The highest BCUT2D eigenvalue weighted by atomic mass is 16.1. The summed E-state index contributed by atoms with van der Waals surface area (Å²) >= 11 is 0. The quantitative estimate of drug-likeness (QED) is 0.791. The van der Waals surface area contributed by atoms with Crippen LogP contribution in [0.25, 0.3) is 0 Å². The second-order valence-corrected chi connectivity index (χ2v) is 4.89. The molecule has 0 spiro atoms. The fourth-order valence-corrected chi connectivity index (χ4v) is 2.32. The second-order valence-electron chi connectivity index (χ2n) is 4.89. The minimum atomic E-state index is -0.572. The zero-order valence-electron chi connectivity index (χ0n) is 10.1. The van der Waals surface area contributed by atoms with Crippen molar-refractivity contribution < 1.29 is 4.79 Å². The van der Waals surface area contributed by atoms with Crippen LogP contribution in [0.5, 0.6) is 0 Å². The van der Waals surface area contributed by atoms with Gasteiger partial charge >= 0.3 is 0 Å². The highest BCUT2D eigenvalue weighted by molar-refractivity contribution is 5.89. The lowest BCUT2D eigenvalue weighted by Gasteiger charge is -2.25. The van der Waals surface area contributed by atoms with E-state index in [2.05, 4.69) is 6.07 Å². The molecule has 1 fully saturated rings. The number of nitriles is 1. The monoisotopic (exact) mass is 227 g/mol. The van der Waals surface area contributed by atoms with Gasteiger partial charge in [-0.15, -0.1) is 0 Å². The molecular formula is C15H17NO. The predicted molar refractivity (Wildman–Crippen MR) is 66.5 cm³/mol. The number of aryl methyl sites for hydroxylation is 1. The van der Waals surface area contributed by atoms with Gasteiger partial charge in [0.05, 0.1) is 6.07 Å². The summed E-state index contributed by atoms with van der Waals surface area (Å²) in [6, 6.07) is 9.83. The molecule has 0 radical (unpaired) electrons. The molecule has 0 aliphatic heterocycles. The lowest BCUT2D eigenvalue weighted by atomic mass is 9.78. The second kappa shape index (κ2) is 5.14. The number of hydrogen-bond acceptors (Lipinski definition) is 2. The number of nitrogens with zero attached hydrogens (tertiary/aromatic N) is 1. The number of rotatable bonds is 4. The van der Waals surface area contributed by atoms with Gasteiger partial charge in [-0.25, -0.2) is 0 Å². The first-order chi connectivity index (χ1) is 8.22. The van der Waals surface area contributed by atoms with Crippen molar-refractivity contribution in [1.29, 1.82) is 5.26 Å². The van der Waals surface area contributed by atoms with E-state index in [1.165, 1.54) is 6.42 Å². The molecule has 0 saturated heterocycles. The van der Waals surface area contributed by atoms with E-state index in [4.69, 9.17) is 0 Å². The minimum Gasteiger partial charge on any atom is -0.298 e. The molecule has 2 heteroatoms. The molecule has 0 N–H and O–H groups in total. The number of carbonyl (C=O) groups is 1. The van der Waals surface area contributed by atoms with Crippen LogP contribution in [-0.2, 0) is 4.79 Å². The van der Waals surface area contributed by atoms with Crippen LogP contribution in [0, 0.1) is 24.2 Å². The fourth-order valence-electron chi connectivity index (χ4n) is 2.32. The number of ketones is 1. The van der Waals surface area contributed by atoms with Crippen molar-refractivity contribution in [2.24, 2.45) is 5.92 Å². The van der Waals surface area contributed by atoms with Gasteiger partial charge < -0.3 is 0 Å². The zero-order chi connectivity index (χ0) is 12.3. The topological polar surface area (TPSA) is 40.9 Å². The van der Waals surface area contributed by atoms with Gasteiger partial charge in [0.25, 0.3) is 0 Å². The van der Waals surface area contributed by atoms with Gasteiger partial charge in [0, 0.05) is 6.42 Å². The normalized spacial score (nSPS) is 16.9. The van der Waals surface area contributed by atoms with Crippen LogP contribution < -0.4 is 0 Å². The summed E-state index contributed by atoms with van der Waals surface area (Å²) in [4.78, 5) is 12.1. The van der Waals surface area contributed by atoms with E-state index < -0.39 is 5.92 Å². The summed E-state index contributed by atoms with van der Waals surface area (Å²) in [7, 11) is 0. The molecule has 1 atom stereocenters. The summed E-state index contributed by atoms with van der Waals surface area (Å²) < 4.78 is 0. The average Bonchev–Trinajstić information content (AvgIpc) is 2.27. The third kappa shape index (κ3) is 2.55. The molecule has 0 amide bonds. The standard InChI is InChI=1S/C15H17NO/c1-11-5-2-3-8-13(11)14(10-16)15(17)9-12-6-4-7-12/h2-3,5,8,12,14H,4,6-7,9H2,1H3. The first-order valence-electron chi connectivity index (χ1n) is 6.20. The maximum absolute atomic E-state index is 12.1. The van der Waals surface area contributed by atoms with Crippen molar-refractivity contribution in [2.45, 2.75) is 38.5 Å². The minimum absolute atomic E-state index is 0.0894. The predicted octanol–water partition coefficient (Wildman–Crippen LogP) is 3.36. The van der Waals surface area contributed by atoms with Crippen molar-refractivity contribution in [1.82, 2.24) is 0 Å². The van der Waals surface area contributed by atoms with Crippen LogP contribution in [-0.4, -0.2) is 5.78 Å². The van der Waals surface area contributed by atoms with Gasteiger partial charge in [0.1, 0.15) is 5.92 Å². The highest BCUT2D eigenvalue weighted by Crippen LogP contribution is 2.32. The van der Waals surface area contributed by atoms with E-state index in [0.717, 1.165) is 24.0 Å². The summed E-state index contributed by atoms with van der Waals surface area (Å²) in [5.74, 6) is 0.0469. The van der Waals surface area contributed by atoms with Crippen LogP contribution >= 0.6 is 0 Å². The van der Waals surface area contributed by atoms with E-state index >= 15 is 0 Å².